The highest BCUT2D eigenvalue weighted by Gasteiger charge is 2.31. The van der Waals surface area contributed by atoms with E-state index in [1.807, 2.05) is 0 Å². The number of carbonyl (C=O) groups excluding carboxylic acids is 1. The molecule has 12 heteroatoms. The van der Waals surface area contributed by atoms with Gasteiger partial charge in [0.2, 0.25) is 0 Å². The van der Waals surface area contributed by atoms with Gasteiger partial charge in [0, 0.05) is 6.20 Å². The normalized spacial score (nSPS) is 12.3. The number of benzene rings is 1. The van der Waals surface area contributed by atoms with Gasteiger partial charge < -0.3 is 10.1 Å². The fourth-order valence-electron chi connectivity index (χ4n) is 3.34. The van der Waals surface area contributed by atoms with Crippen LogP contribution in [0, 0.1) is 12.7 Å². The first-order chi connectivity index (χ1) is 16.6. The second-order valence-electron chi connectivity index (χ2n) is 7.53. The topological polar surface area (TPSA) is 94.8 Å². The molecule has 0 aliphatic heterocycles. The molecule has 3 heterocycles. The third kappa shape index (κ3) is 5.42. The lowest BCUT2D eigenvalue weighted by Crippen LogP contribution is -2.22. The summed E-state index contributed by atoms with van der Waals surface area (Å²) in [6, 6.07) is 9.37. The second kappa shape index (κ2) is 9.49. The summed E-state index contributed by atoms with van der Waals surface area (Å²) in [5.41, 5.74) is 0.977. The van der Waals surface area contributed by atoms with E-state index >= 15 is 0 Å². The number of anilines is 2. The maximum atomic E-state index is 13.3. The van der Waals surface area contributed by atoms with Gasteiger partial charge in [0.25, 0.3) is 0 Å². The number of ether oxygens (including phenoxy) is 1. The highest BCUT2D eigenvalue weighted by molar-refractivity contribution is 5.78. The SMILES string of the molecule is COC(=O)C(c1ccc(F)cc1)n1cc(-c2cc(C)cc(Nc3cc(C(F)(F)F)ccn3)n2)nn1. The average Bonchev–Trinajstić information content (AvgIpc) is 3.29. The van der Waals surface area contributed by atoms with Crippen molar-refractivity contribution in [1.82, 2.24) is 25.0 Å². The molecule has 4 aromatic rings. The zero-order chi connectivity index (χ0) is 25.2. The maximum Gasteiger partial charge on any atom is 0.416 e. The lowest BCUT2D eigenvalue weighted by atomic mass is 10.1. The van der Waals surface area contributed by atoms with Crippen LogP contribution < -0.4 is 5.32 Å². The Morgan fingerprint density at radius 3 is 2.49 bits per heavy atom. The predicted octanol–water partition coefficient (Wildman–Crippen LogP) is 4.71. The van der Waals surface area contributed by atoms with Gasteiger partial charge in [-0.2, -0.15) is 13.2 Å². The number of nitrogens with one attached hydrogen (secondary N) is 1. The number of aryl methyl sites for hydroxylation is 1. The van der Waals surface area contributed by atoms with Crippen molar-refractivity contribution in [3.63, 3.8) is 0 Å². The monoisotopic (exact) mass is 486 g/mol. The Morgan fingerprint density at radius 1 is 1.06 bits per heavy atom. The average molecular weight is 486 g/mol. The lowest BCUT2D eigenvalue weighted by Gasteiger charge is -2.14. The molecular weight excluding hydrogens is 468 g/mol. The molecular formula is C23H18F4N6O2. The first-order valence-corrected chi connectivity index (χ1v) is 10.2. The van der Waals surface area contributed by atoms with E-state index in [0.29, 0.717) is 17.0 Å². The molecule has 8 nitrogen and oxygen atoms in total. The Labute approximate surface area is 196 Å². The zero-order valence-electron chi connectivity index (χ0n) is 18.4. The lowest BCUT2D eigenvalue weighted by molar-refractivity contribution is -0.143. The van der Waals surface area contributed by atoms with Crippen LogP contribution in [0.5, 0.6) is 0 Å². The minimum absolute atomic E-state index is 0.0328. The van der Waals surface area contributed by atoms with Crippen molar-refractivity contribution in [2.75, 3.05) is 12.4 Å². The molecule has 0 radical (unpaired) electrons. The number of aromatic nitrogens is 5. The van der Waals surface area contributed by atoms with E-state index in [9.17, 15) is 22.4 Å². The van der Waals surface area contributed by atoms with E-state index in [0.717, 1.165) is 23.9 Å². The number of esters is 1. The second-order valence-corrected chi connectivity index (χ2v) is 7.53. The van der Waals surface area contributed by atoms with Crippen molar-refractivity contribution >= 4 is 17.6 Å². The summed E-state index contributed by atoms with van der Waals surface area (Å²) in [6.07, 6.45) is -1.99. The van der Waals surface area contributed by atoms with Crippen LogP contribution >= 0.6 is 0 Å². The number of methoxy groups -OCH3 is 1. The molecule has 0 aliphatic rings. The Morgan fingerprint density at radius 2 is 1.80 bits per heavy atom. The van der Waals surface area contributed by atoms with E-state index in [2.05, 4.69) is 25.6 Å². The van der Waals surface area contributed by atoms with Crippen LogP contribution in [-0.2, 0) is 15.7 Å². The Hall–Kier alpha value is -4.35. The molecule has 3 aromatic heterocycles. The van der Waals surface area contributed by atoms with Crippen LogP contribution in [0.3, 0.4) is 0 Å². The standard InChI is InChI=1S/C23H18F4N6O2/c1-13-9-17(29-20(10-13)30-19-11-15(7-8-28-19)23(25,26)27)18-12-33(32-31-18)21(22(34)35-2)14-3-5-16(24)6-4-14/h3-12,21H,1-2H3,(H,28,29,30). The van der Waals surface area contributed by atoms with Crippen molar-refractivity contribution < 1.29 is 27.1 Å². The highest BCUT2D eigenvalue weighted by Crippen LogP contribution is 2.31. The fourth-order valence-corrected chi connectivity index (χ4v) is 3.34. The molecule has 4 rings (SSSR count). The van der Waals surface area contributed by atoms with E-state index in [1.54, 1.807) is 19.1 Å². The molecule has 180 valence electrons. The number of pyridine rings is 2. The summed E-state index contributed by atoms with van der Waals surface area (Å²) in [4.78, 5) is 20.7. The predicted molar refractivity (Wildman–Crippen MR) is 117 cm³/mol. The molecule has 0 bridgehead atoms. The zero-order valence-corrected chi connectivity index (χ0v) is 18.4. The van der Waals surface area contributed by atoms with Crippen molar-refractivity contribution in [2.45, 2.75) is 19.1 Å². The largest absolute Gasteiger partial charge is 0.467 e. The van der Waals surface area contributed by atoms with Gasteiger partial charge in [-0.15, -0.1) is 5.10 Å². The van der Waals surface area contributed by atoms with Gasteiger partial charge in [0.05, 0.1) is 24.6 Å². The summed E-state index contributed by atoms with van der Waals surface area (Å²) < 4.78 is 58.5. The van der Waals surface area contributed by atoms with Crippen molar-refractivity contribution in [3.8, 4) is 11.4 Å². The summed E-state index contributed by atoms with van der Waals surface area (Å²) in [6.45, 7) is 1.77. The summed E-state index contributed by atoms with van der Waals surface area (Å²) in [7, 11) is 1.22. The maximum absolute atomic E-state index is 13.3. The minimum atomic E-state index is -4.51. The molecule has 0 aliphatic carbocycles. The highest BCUT2D eigenvalue weighted by atomic mass is 19.4. The molecule has 1 atom stereocenters. The van der Waals surface area contributed by atoms with Gasteiger partial charge in [0.15, 0.2) is 6.04 Å². The van der Waals surface area contributed by atoms with Crippen molar-refractivity contribution in [2.24, 2.45) is 0 Å². The van der Waals surface area contributed by atoms with Gasteiger partial charge in [0.1, 0.15) is 23.1 Å². The molecule has 1 aromatic carbocycles. The first kappa shape index (κ1) is 23.8. The molecule has 1 N–H and O–H groups in total. The molecule has 0 saturated carbocycles. The van der Waals surface area contributed by atoms with Crippen LogP contribution in [0.1, 0.15) is 22.7 Å². The van der Waals surface area contributed by atoms with Gasteiger partial charge in [-0.1, -0.05) is 17.3 Å². The van der Waals surface area contributed by atoms with E-state index in [4.69, 9.17) is 4.74 Å². The summed E-state index contributed by atoms with van der Waals surface area (Å²) >= 11 is 0. The van der Waals surface area contributed by atoms with Gasteiger partial charge in [-0.25, -0.2) is 23.8 Å². The third-order valence-electron chi connectivity index (χ3n) is 4.96. The number of halogens is 4. The number of carbonyl (C=O) groups is 1. The van der Waals surface area contributed by atoms with Crippen molar-refractivity contribution in [3.05, 3.63) is 83.4 Å². The van der Waals surface area contributed by atoms with Crippen LogP contribution in [0.2, 0.25) is 0 Å². The van der Waals surface area contributed by atoms with E-state index in [-0.39, 0.29) is 11.6 Å². The molecule has 35 heavy (non-hydrogen) atoms. The molecule has 0 amide bonds. The smallest absolute Gasteiger partial charge is 0.416 e. The molecule has 0 fully saturated rings. The van der Waals surface area contributed by atoms with Crippen molar-refractivity contribution in [1.29, 1.82) is 0 Å². The first-order valence-electron chi connectivity index (χ1n) is 10.2. The van der Waals surface area contributed by atoms with Crippen LogP contribution in [0.4, 0.5) is 29.2 Å². The van der Waals surface area contributed by atoms with Crippen LogP contribution in [0.15, 0.2) is 60.9 Å². The molecule has 1 unspecified atom stereocenters. The number of hydrogen-bond donors (Lipinski definition) is 1. The third-order valence-corrected chi connectivity index (χ3v) is 4.96. The van der Waals surface area contributed by atoms with E-state index < -0.39 is 29.6 Å². The van der Waals surface area contributed by atoms with Gasteiger partial charge in [-0.05, 0) is 54.4 Å². The minimum Gasteiger partial charge on any atom is -0.467 e. The number of hydrogen-bond acceptors (Lipinski definition) is 7. The van der Waals surface area contributed by atoms with Gasteiger partial charge >= 0.3 is 12.1 Å². The molecule has 0 saturated heterocycles. The Bertz CT molecular complexity index is 1350. The fraction of sp³-hybridized carbons (Fsp3) is 0.174. The summed E-state index contributed by atoms with van der Waals surface area (Å²) in [5, 5.41) is 10.9. The van der Waals surface area contributed by atoms with E-state index in [1.165, 1.54) is 42.3 Å². The van der Waals surface area contributed by atoms with Crippen LogP contribution in [0.25, 0.3) is 11.4 Å². The Balaban J connectivity index is 1.65. The number of nitrogens with zero attached hydrogens (tertiary/aromatic N) is 5. The number of alkyl halides is 3. The number of rotatable bonds is 6. The molecule has 0 spiro atoms. The Kier molecular flexibility index (Phi) is 6.45. The van der Waals surface area contributed by atoms with Gasteiger partial charge in [-0.3, -0.25) is 0 Å². The summed E-state index contributed by atoms with van der Waals surface area (Å²) in [5.74, 6) is -0.891. The quantitative estimate of drug-likeness (QED) is 0.312. The van der Waals surface area contributed by atoms with Crippen LogP contribution in [-0.4, -0.2) is 38.0 Å².